The Morgan fingerprint density at radius 1 is 0.958 bits per heavy atom. The highest BCUT2D eigenvalue weighted by molar-refractivity contribution is 5.95. The number of hydrogen-bond donors (Lipinski definition) is 0. The molecule has 3 aromatic rings. The van der Waals surface area contributed by atoms with Gasteiger partial charge in [0.2, 0.25) is 0 Å². The van der Waals surface area contributed by atoms with Crippen molar-refractivity contribution in [3.05, 3.63) is 60.4 Å². The van der Waals surface area contributed by atoms with Crippen molar-refractivity contribution >= 4 is 16.9 Å². The minimum Gasteiger partial charge on any atom is -0.464 e. The molecule has 0 radical (unpaired) electrons. The number of nitrogens with zero attached hydrogens (tertiary/aromatic N) is 2. The van der Waals surface area contributed by atoms with E-state index in [4.69, 9.17) is 4.42 Å². The van der Waals surface area contributed by atoms with Crippen molar-refractivity contribution in [2.75, 3.05) is 34.2 Å². The van der Waals surface area contributed by atoms with Crippen LogP contribution in [-0.4, -0.2) is 49.9 Å². The van der Waals surface area contributed by atoms with E-state index in [1.165, 1.54) is 0 Å². The number of carbonyl (C=O) groups is 1. The van der Waals surface area contributed by atoms with Crippen molar-refractivity contribution in [1.29, 1.82) is 0 Å². The molecule has 4 nitrogen and oxygen atoms in total. The van der Waals surface area contributed by atoms with Gasteiger partial charge in [-0.1, -0.05) is 18.2 Å². The Bertz CT molecular complexity index is 851. The zero-order valence-electron chi connectivity index (χ0n) is 14.3. The van der Waals surface area contributed by atoms with Crippen LogP contribution >= 0.6 is 0 Å². The highest BCUT2D eigenvalue weighted by atomic mass is 16.3. The number of carbonyl (C=O) groups excluding carboxylic acids is 1. The summed E-state index contributed by atoms with van der Waals surface area (Å²) in [5.74, 6) is 0.0445. The lowest BCUT2D eigenvalue weighted by molar-refractivity contribution is 0.0786. The van der Waals surface area contributed by atoms with E-state index in [0.29, 0.717) is 12.1 Å². The van der Waals surface area contributed by atoms with Gasteiger partial charge in [-0.25, -0.2) is 0 Å². The van der Waals surface area contributed by atoms with Crippen LogP contribution in [0.1, 0.15) is 10.4 Å². The maximum atomic E-state index is 12.6. The van der Waals surface area contributed by atoms with Crippen LogP contribution in [0.5, 0.6) is 0 Å². The molecule has 1 aromatic heterocycles. The van der Waals surface area contributed by atoms with E-state index < -0.39 is 0 Å². The fraction of sp³-hybridized carbons (Fsp3) is 0.250. The van der Waals surface area contributed by atoms with Gasteiger partial charge in [0.15, 0.2) is 0 Å². The second-order valence-corrected chi connectivity index (χ2v) is 6.28. The molecular weight excluding hydrogens is 300 g/mol. The Kier molecular flexibility index (Phi) is 4.67. The van der Waals surface area contributed by atoms with E-state index in [-0.39, 0.29) is 5.91 Å². The Morgan fingerprint density at radius 2 is 1.75 bits per heavy atom. The summed E-state index contributed by atoms with van der Waals surface area (Å²) < 4.78 is 5.38. The smallest absolute Gasteiger partial charge is 0.253 e. The minimum atomic E-state index is 0.0445. The second-order valence-electron chi connectivity index (χ2n) is 6.28. The Balaban J connectivity index is 1.84. The summed E-state index contributed by atoms with van der Waals surface area (Å²) in [5, 5.41) is 1.06. The van der Waals surface area contributed by atoms with Crippen LogP contribution in [0.25, 0.3) is 22.1 Å². The van der Waals surface area contributed by atoms with Gasteiger partial charge in [-0.15, -0.1) is 0 Å². The Hall–Kier alpha value is -2.59. The number of furan rings is 1. The topological polar surface area (TPSA) is 36.7 Å². The first-order valence-corrected chi connectivity index (χ1v) is 8.02. The summed E-state index contributed by atoms with van der Waals surface area (Å²) in [5.41, 5.74) is 3.69. The number of hydrogen-bond acceptors (Lipinski definition) is 3. The molecule has 124 valence electrons. The molecule has 0 aliphatic rings. The lowest BCUT2D eigenvalue weighted by atomic mass is 10.0. The van der Waals surface area contributed by atoms with E-state index in [1.54, 1.807) is 11.2 Å². The molecule has 0 N–H and O–H groups in total. The largest absolute Gasteiger partial charge is 0.464 e. The molecule has 0 saturated heterocycles. The van der Waals surface area contributed by atoms with Crippen molar-refractivity contribution < 1.29 is 9.21 Å². The number of likely N-dealkylation sites (N-methyl/N-ethyl adjacent to an activating group) is 2. The summed E-state index contributed by atoms with van der Waals surface area (Å²) >= 11 is 0. The summed E-state index contributed by atoms with van der Waals surface area (Å²) in [4.78, 5) is 16.4. The third kappa shape index (κ3) is 3.49. The van der Waals surface area contributed by atoms with Gasteiger partial charge in [0.1, 0.15) is 5.58 Å². The normalized spacial score (nSPS) is 11.2. The first-order valence-electron chi connectivity index (χ1n) is 8.02. The van der Waals surface area contributed by atoms with Crippen LogP contribution in [0.4, 0.5) is 0 Å². The number of benzene rings is 2. The van der Waals surface area contributed by atoms with Gasteiger partial charge in [-0.3, -0.25) is 4.79 Å². The highest BCUT2D eigenvalue weighted by Gasteiger charge is 2.12. The molecule has 0 atom stereocenters. The molecule has 1 heterocycles. The highest BCUT2D eigenvalue weighted by Crippen LogP contribution is 2.26. The molecule has 2 aromatic carbocycles. The SMILES string of the molecule is CN(C)CCN(C)C(=O)c1cccc(-c2ccc3occc3c2)c1. The molecular formula is C20H22N2O2. The predicted molar refractivity (Wildman–Crippen MR) is 97.2 cm³/mol. The van der Waals surface area contributed by atoms with Crippen molar-refractivity contribution in [3.8, 4) is 11.1 Å². The molecule has 0 fully saturated rings. The van der Waals surface area contributed by atoms with E-state index in [2.05, 4.69) is 11.0 Å². The van der Waals surface area contributed by atoms with Gasteiger partial charge < -0.3 is 14.2 Å². The van der Waals surface area contributed by atoms with Crippen molar-refractivity contribution in [2.24, 2.45) is 0 Å². The molecule has 3 rings (SSSR count). The fourth-order valence-corrected chi connectivity index (χ4v) is 2.65. The van der Waals surface area contributed by atoms with Gasteiger partial charge in [0.25, 0.3) is 5.91 Å². The van der Waals surface area contributed by atoms with Gasteiger partial charge in [-0.05, 0) is 55.6 Å². The van der Waals surface area contributed by atoms with Gasteiger partial charge in [0, 0.05) is 31.1 Å². The van der Waals surface area contributed by atoms with Gasteiger partial charge in [0.05, 0.1) is 6.26 Å². The molecule has 4 heteroatoms. The predicted octanol–water partition coefficient (Wildman–Crippen LogP) is 3.73. The lowest BCUT2D eigenvalue weighted by Gasteiger charge is -2.20. The average Bonchev–Trinajstić information content (AvgIpc) is 3.06. The molecule has 0 bridgehead atoms. The summed E-state index contributed by atoms with van der Waals surface area (Å²) in [7, 11) is 5.85. The molecule has 0 aliphatic heterocycles. The van der Waals surface area contributed by atoms with Crippen LogP contribution in [0.15, 0.2) is 59.2 Å². The van der Waals surface area contributed by atoms with Crippen molar-refractivity contribution in [2.45, 2.75) is 0 Å². The third-order valence-electron chi connectivity index (χ3n) is 4.12. The van der Waals surface area contributed by atoms with E-state index in [1.807, 2.05) is 63.6 Å². The Morgan fingerprint density at radius 3 is 2.54 bits per heavy atom. The van der Waals surface area contributed by atoms with Crippen LogP contribution in [0.3, 0.4) is 0 Å². The van der Waals surface area contributed by atoms with Crippen molar-refractivity contribution in [1.82, 2.24) is 9.80 Å². The monoisotopic (exact) mass is 322 g/mol. The number of amides is 1. The summed E-state index contributed by atoms with van der Waals surface area (Å²) in [6.45, 7) is 1.55. The van der Waals surface area contributed by atoms with E-state index >= 15 is 0 Å². The summed E-state index contributed by atoms with van der Waals surface area (Å²) in [6, 6.07) is 15.8. The zero-order valence-corrected chi connectivity index (χ0v) is 14.3. The number of fused-ring (bicyclic) bond motifs is 1. The maximum absolute atomic E-state index is 12.6. The first kappa shape index (κ1) is 16.3. The van der Waals surface area contributed by atoms with Gasteiger partial charge in [-0.2, -0.15) is 0 Å². The van der Waals surface area contributed by atoms with Gasteiger partial charge >= 0.3 is 0 Å². The minimum absolute atomic E-state index is 0.0445. The molecule has 0 aliphatic carbocycles. The zero-order chi connectivity index (χ0) is 17.1. The van der Waals surface area contributed by atoms with Crippen LogP contribution < -0.4 is 0 Å². The maximum Gasteiger partial charge on any atom is 0.253 e. The quantitative estimate of drug-likeness (QED) is 0.718. The number of rotatable bonds is 5. The molecule has 1 amide bonds. The first-order chi connectivity index (χ1) is 11.5. The fourth-order valence-electron chi connectivity index (χ4n) is 2.65. The lowest BCUT2D eigenvalue weighted by Crippen LogP contribution is -2.33. The van der Waals surface area contributed by atoms with Crippen LogP contribution in [-0.2, 0) is 0 Å². The molecule has 24 heavy (non-hydrogen) atoms. The molecule has 0 saturated carbocycles. The molecule has 0 spiro atoms. The average molecular weight is 322 g/mol. The molecule has 0 unspecified atom stereocenters. The van der Waals surface area contributed by atoms with Crippen LogP contribution in [0, 0.1) is 0 Å². The Labute approximate surface area is 142 Å². The van der Waals surface area contributed by atoms with Crippen molar-refractivity contribution in [3.63, 3.8) is 0 Å². The van der Waals surface area contributed by atoms with Crippen LogP contribution in [0.2, 0.25) is 0 Å². The third-order valence-corrected chi connectivity index (χ3v) is 4.12. The standard InChI is InChI=1S/C20H22N2O2/c1-21(2)10-11-22(3)20(23)18-6-4-5-15(14-18)16-7-8-19-17(13-16)9-12-24-19/h4-9,12-14H,10-11H2,1-3H3. The summed E-state index contributed by atoms with van der Waals surface area (Å²) in [6.07, 6.45) is 1.69. The van der Waals surface area contributed by atoms with E-state index in [9.17, 15) is 4.79 Å². The second kappa shape index (κ2) is 6.89. The van der Waals surface area contributed by atoms with E-state index in [0.717, 1.165) is 28.6 Å².